The average Bonchev–Trinajstić information content (AvgIpc) is 2.73. The van der Waals surface area contributed by atoms with Crippen LogP contribution in [0.15, 0.2) is 72.8 Å². The van der Waals surface area contributed by atoms with Crippen LogP contribution in [0.3, 0.4) is 0 Å². The van der Waals surface area contributed by atoms with Gasteiger partial charge in [-0.25, -0.2) is 4.39 Å². The van der Waals surface area contributed by atoms with E-state index in [1.165, 1.54) is 19.2 Å². The molecule has 0 aliphatic heterocycles. The van der Waals surface area contributed by atoms with Crippen LogP contribution in [0.4, 0.5) is 10.1 Å². The fraction of sp³-hybridized carbons (Fsp3) is 0.0909. The van der Waals surface area contributed by atoms with Gasteiger partial charge >= 0.3 is 0 Å². The molecule has 0 saturated carbocycles. The van der Waals surface area contributed by atoms with Crippen molar-refractivity contribution in [1.29, 1.82) is 0 Å². The van der Waals surface area contributed by atoms with Crippen molar-refractivity contribution in [2.75, 3.05) is 12.4 Å². The van der Waals surface area contributed by atoms with Gasteiger partial charge in [0.05, 0.1) is 18.4 Å². The Morgan fingerprint density at radius 3 is 2.36 bits per heavy atom. The van der Waals surface area contributed by atoms with Crippen molar-refractivity contribution in [3.05, 3.63) is 95.3 Å². The zero-order valence-electron chi connectivity index (χ0n) is 15.2. The summed E-state index contributed by atoms with van der Waals surface area (Å²) in [6.07, 6.45) is 0. The second kappa shape index (κ2) is 8.81. The second-order valence-electron chi connectivity index (χ2n) is 6.02. The molecule has 3 rings (SSSR count). The Kier molecular flexibility index (Phi) is 6.01. The molecule has 2 N–H and O–H groups in total. The van der Waals surface area contributed by atoms with Crippen LogP contribution in [0.25, 0.3) is 0 Å². The Hall–Kier alpha value is -3.67. The number of rotatable bonds is 6. The molecular formula is C22H19FN2O3. The number of carbonyl (C=O) groups is 2. The number of anilines is 1. The van der Waals surface area contributed by atoms with E-state index in [0.29, 0.717) is 17.8 Å². The number of methoxy groups -OCH3 is 1. The lowest BCUT2D eigenvalue weighted by Gasteiger charge is -2.12. The van der Waals surface area contributed by atoms with Gasteiger partial charge in [0, 0.05) is 12.1 Å². The third kappa shape index (κ3) is 4.54. The lowest BCUT2D eigenvalue weighted by molar-refractivity contribution is 0.0952. The molecule has 6 heteroatoms. The monoisotopic (exact) mass is 378 g/mol. The van der Waals surface area contributed by atoms with Gasteiger partial charge in [0.2, 0.25) is 0 Å². The molecular weight excluding hydrogens is 359 g/mol. The van der Waals surface area contributed by atoms with Crippen molar-refractivity contribution in [2.45, 2.75) is 6.54 Å². The summed E-state index contributed by atoms with van der Waals surface area (Å²) in [4.78, 5) is 25.0. The Morgan fingerprint density at radius 1 is 0.929 bits per heavy atom. The van der Waals surface area contributed by atoms with E-state index in [4.69, 9.17) is 4.74 Å². The zero-order valence-corrected chi connectivity index (χ0v) is 15.2. The minimum atomic E-state index is -0.635. The van der Waals surface area contributed by atoms with Crippen LogP contribution in [-0.2, 0) is 6.54 Å². The van der Waals surface area contributed by atoms with E-state index in [1.807, 2.05) is 30.3 Å². The Labute approximate surface area is 162 Å². The molecule has 2 amide bonds. The molecule has 0 radical (unpaired) electrons. The first kappa shape index (κ1) is 19.1. The maximum absolute atomic E-state index is 13.8. The molecule has 0 aliphatic rings. The average molecular weight is 378 g/mol. The van der Waals surface area contributed by atoms with Crippen LogP contribution in [-0.4, -0.2) is 18.9 Å². The summed E-state index contributed by atoms with van der Waals surface area (Å²) in [6, 6.07) is 20.1. The SMILES string of the molecule is COc1ccc(C(=O)Nc2ccccc2C(=O)NCc2ccccc2)cc1F. The number of amides is 2. The Bertz CT molecular complexity index is 990. The van der Waals surface area contributed by atoms with Gasteiger partial charge in [-0.1, -0.05) is 42.5 Å². The van der Waals surface area contributed by atoms with Gasteiger partial charge in [0.15, 0.2) is 11.6 Å². The van der Waals surface area contributed by atoms with E-state index in [9.17, 15) is 14.0 Å². The topological polar surface area (TPSA) is 67.4 Å². The van der Waals surface area contributed by atoms with E-state index in [1.54, 1.807) is 24.3 Å². The third-order valence-electron chi connectivity index (χ3n) is 4.13. The first-order valence-electron chi connectivity index (χ1n) is 8.64. The summed E-state index contributed by atoms with van der Waals surface area (Å²) >= 11 is 0. The van der Waals surface area contributed by atoms with Gasteiger partial charge in [0.1, 0.15) is 0 Å². The molecule has 142 valence electrons. The number of hydrogen-bond acceptors (Lipinski definition) is 3. The second-order valence-corrected chi connectivity index (χ2v) is 6.02. The van der Waals surface area contributed by atoms with Crippen LogP contribution in [0.1, 0.15) is 26.3 Å². The zero-order chi connectivity index (χ0) is 19.9. The summed E-state index contributed by atoms with van der Waals surface area (Å²) in [5.74, 6) is -1.42. The van der Waals surface area contributed by atoms with Crippen molar-refractivity contribution >= 4 is 17.5 Å². The highest BCUT2D eigenvalue weighted by Gasteiger charge is 2.15. The molecule has 3 aromatic rings. The van der Waals surface area contributed by atoms with E-state index in [2.05, 4.69) is 10.6 Å². The maximum Gasteiger partial charge on any atom is 0.255 e. The summed E-state index contributed by atoms with van der Waals surface area (Å²) in [5.41, 5.74) is 1.75. The van der Waals surface area contributed by atoms with E-state index < -0.39 is 11.7 Å². The van der Waals surface area contributed by atoms with Crippen LogP contribution in [0.2, 0.25) is 0 Å². The van der Waals surface area contributed by atoms with E-state index >= 15 is 0 Å². The molecule has 0 bridgehead atoms. The molecule has 5 nitrogen and oxygen atoms in total. The molecule has 28 heavy (non-hydrogen) atoms. The van der Waals surface area contributed by atoms with Crippen LogP contribution < -0.4 is 15.4 Å². The smallest absolute Gasteiger partial charge is 0.255 e. The molecule has 0 spiro atoms. The number of benzene rings is 3. The standard InChI is InChI=1S/C22H19FN2O3/c1-28-20-12-11-16(13-18(20)23)21(26)25-19-10-6-5-9-17(19)22(27)24-14-15-7-3-2-4-8-15/h2-13H,14H2,1H3,(H,24,27)(H,25,26). The van der Waals surface area contributed by atoms with Crippen LogP contribution in [0, 0.1) is 5.82 Å². The lowest BCUT2D eigenvalue weighted by Crippen LogP contribution is -2.24. The quantitative estimate of drug-likeness (QED) is 0.681. The predicted octanol–water partition coefficient (Wildman–Crippen LogP) is 4.02. The van der Waals surface area contributed by atoms with Crippen molar-refractivity contribution in [3.63, 3.8) is 0 Å². The van der Waals surface area contributed by atoms with E-state index in [-0.39, 0.29) is 17.2 Å². The lowest BCUT2D eigenvalue weighted by atomic mass is 10.1. The number of hydrogen-bond donors (Lipinski definition) is 2. The molecule has 3 aromatic carbocycles. The highest BCUT2D eigenvalue weighted by molar-refractivity contribution is 6.09. The van der Waals surface area contributed by atoms with Gasteiger partial charge in [-0.2, -0.15) is 0 Å². The normalized spacial score (nSPS) is 10.2. The predicted molar refractivity (Wildman–Crippen MR) is 105 cm³/mol. The first-order chi connectivity index (χ1) is 13.6. The summed E-state index contributed by atoms with van der Waals surface area (Å²) < 4.78 is 18.7. The first-order valence-corrected chi connectivity index (χ1v) is 8.64. The summed E-state index contributed by atoms with van der Waals surface area (Å²) in [6.45, 7) is 0.367. The highest BCUT2D eigenvalue weighted by Crippen LogP contribution is 2.20. The molecule has 0 heterocycles. The molecule has 0 aliphatic carbocycles. The fourth-order valence-electron chi connectivity index (χ4n) is 2.67. The van der Waals surface area contributed by atoms with E-state index in [0.717, 1.165) is 11.6 Å². The van der Waals surface area contributed by atoms with Crippen molar-refractivity contribution in [1.82, 2.24) is 5.32 Å². The maximum atomic E-state index is 13.8. The number of carbonyl (C=O) groups excluding carboxylic acids is 2. The van der Waals surface area contributed by atoms with Crippen molar-refractivity contribution < 1.29 is 18.7 Å². The highest BCUT2D eigenvalue weighted by atomic mass is 19.1. The Morgan fingerprint density at radius 2 is 1.64 bits per heavy atom. The number of nitrogens with one attached hydrogen (secondary N) is 2. The van der Waals surface area contributed by atoms with Gasteiger partial charge in [0.25, 0.3) is 11.8 Å². The van der Waals surface area contributed by atoms with Crippen LogP contribution >= 0.6 is 0 Å². The Balaban J connectivity index is 1.73. The number of para-hydroxylation sites is 1. The summed E-state index contributed by atoms with van der Waals surface area (Å²) in [7, 11) is 1.35. The number of halogens is 1. The minimum absolute atomic E-state index is 0.0530. The van der Waals surface area contributed by atoms with Gasteiger partial charge < -0.3 is 15.4 Å². The summed E-state index contributed by atoms with van der Waals surface area (Å²) in [5, 5.41) is 5.49. The van der Waals surface area contributed by atoms with Gasteiger partial charge in [-0.05, 0) is 35.9 Å². The van der Waals surface area contributed by atoms with Gasteiger partial charge in [-0.3, -0.25) is 9.59 Å². The minimum Gasteiger partial charge on any atom is -0.494 e. The third-order valence-corrected chi connectivity index (χ3v) is 4.13. The molecule has 0 saturated heterocycles. The number of ether oxygens (including phenoxy) is 1. The fourth-order valence-corrected chi connectivity index (χ4v) is 2.67. The largest absolute Gasteiger partial charge is 0.494 e. The molecule has 0 aromatic heterocycles. The van der Waals surface area contributed by atoms with Crippen molar-refractivity contribution in [2.24, 2.45) is 0 Å². The van der Waals surface area contributed by atoms with Gasteiger partial charge in [-0.15, -0.1) is 0 Å². The van der Waals surface area contributed by atoms with Crippen molar-refractivity contribution in [3.8, 4) is 5.75 Å². The molecule has 0 unspecified atom stereocenters. The molecule has 0 atom stereocenters. The molecule has 0 fully saturated rings. The van der Waals surface area contributed by atoms with Crippen LogP contribution in [0.5, 0.6) is 5.75 Å².